The van der Waals surface area contributed by atoms with Crippen LogP contribution in [0.15, 0.2) is 0 Å². The zero-order chi connectivity index (χ0) is 13.8. The summed E-state index contributed by atoms with van der Waals surface area (Å²) in [5.41, 5.74) is 1.33. The average molecular weight is 275 g/mol. The molecule has 5 rings (SSSR count). The van der Waals surface area contributed by atoms with Crippen LogP contribution in [-0.2, 0) is 0 Å². The average Bonchev–Trinajstić information content (AvgIpc) is 2.36. The van der Waals surface area contributed by atoms with Gasteiger partial charge in [-0.1, -0.05) is 13.8 Å². The van der Waals surface area contributed by atoms with Gasteiger partial charge in [-0.3, -0.25) is 0 Å². The van der Waals surface area contributed by atoms with Crippen LogP contribution in [0.25, 0.3) is 0 Å². The Balaban J connectivity index is 1.33. The molecule has 0 aliphatic heterocycles. The Bertz CT molecular complexity index is 325. The molecular weight excluding hydrogens is 242 g/mol. The van der Waals surface area contributed by atoms with Crippen molar-refractivity contribution in [1.82, 2.24) is 5.32 Å². The van der Waals surface area contributed by atoms with Crippen LogP contribution in [-0.4, -0.2) is 12.6 Å². The van der Waals surface area contributed by atoms with E-state index in [-0.39, 0.29) is 0 Å². The molecule has 0 unspecified atom stereocenters. The van der Waals surface area contributed by atoms with Gasteiger partial charge in [0.2, 0.25) is 0 Å². The minimum absolute atomic E-state index is 0.610. The van der Waals surface area contributed by atoms with Crippen LogP contribution < -0.4 is 5.32 Å². The Kier molecular flexibility index (Phi) is 3.22. The second-order valence-corrected chi connectivity index (χ2v) is 9.74. The third kappa shape index (κ3) is 2.56. The lowest BCUT2D eigenvalue weighted by Gasteiger charge is -2.57. The first-order chi connectivity index (χ1) is 9.52. The minimum Gasteiger partial charge on any atom is -0.313 e. The van der Waals surface area contributed by atoms with Gasteiger partial charge < -0.3 is 5.32 Å². The third-order valence-electron chi connectivity index (χ3n) is 7.27. The van der Waals surface area contributed by atoms with E-state index >= 15 is 0 Å². The Hall–Kier alpha value is -0.0400. The Morgan fingerprint density at radius 3 is 1.85 bits per heavy atom. The van der Waals surface area contributed by atoms with Gasteiger partial charge in [0, 0.05) is 12.6 Å². The van der Waals surface area contributed by atoms with Gasteiger partial charge in [-0.15, -0.1) is 0 Å². The zero-order valence-electron chi connectivity index (χ0n) is 13.6. The van der Waals surface area contributed by atoms with Crippen molar-refractivity contribution in [1.29, 1.82) is 0 Å². The highest BCUT2D eigenvalue weighted by Gasteiger charge is 2.50. The highest BCUT2D eigenvalue weighted by molar-refractivity contribution is 5.02. The van der Waals surface area contributed by atoms with Gasteiger partial charge in [-0.25, -0.2) is 0 Å². The largest absolute Gasteiger partial charge is 0.313 e. The molecule has 0 saturated heterocycles. The fourth-order valence-corrected chi connectivity index (χ4v) is 6.47. The summed E-state index contributed by atoms with van der Waals surface area (Å²) in [6, 6.07) is 0.830. The summed E-state index contributed by atoms with van der Waals surface area (Å²) in [5, 5.41) is 4.02. The maximum Gasteiger partial charge on any atom is 0.00676 e. The van der Waals surface area contributed by atoms with Crippen molar-refractivity contribution in [3.05, 3.63) is 0 Å². The SMILES string of the molecule is CC1(C)CCC(NCC23CC4CC(CC(C4)C2)C3)CC1. The molecule has 0 radical (unpaired) electrons. The normalized spacial score (nSPS) is 46.8. The minimum atomic E-state index is 0.610. The van der Waals surface area contributed by atoms with E-state index < -0.39 is 0 Å². The van der Waals surface area contributed by atoms with Gasteiger partial charge in [0.05, 0.1) is 0 Å². The molecule has 0 atom stereocenters. The van der Waals surface area contributed by atoms with Crippen LogP contribution >= 0.6 is 0 Å². The first-order valence-corrected chi connectivity index (χ1v) is 9.25. The molecule has 0 spiro atoms. The fraction of sp³-hybridized carbons (Fsp3) is 1.00. The van der Waals surface area contributed by atoms with Crippen molar-refractivity contribution >= 4 is 0 Å². The number of rotatable bonds is 3. The third-order valence-corrected chi connectivity index (χ3v) is 7.27. The molecule has 0 amide bonds. The molecule has 0 heterocycles. The molecule has 0 aromatic carbocycles. The van der Waals surface area contributed by atoms with Gasteiger partial charge in [-0.05, 0) is 92.8 Å². The van der Waals surface area contributed by atoms with Crippen molar-refractivity contribution in [2.24, 2.45) is 28.6 Å². The molecule has 0 aromatic heterocycles. The molecule has 5 aliphatic carbocycles. The summed E-state index contributed by atoms with van der Waals surface area (Å²) >= 11 is 0. The first-order valence-electron chi connectivity index (χ1n) is 9.25. The maximum atomic E-state index is 4.02. The summed E-state index contributed by atoms with van der Waals surface area (Å²) in [6.07, 6.45) is 15.1. The first kappa shape index (κ1) is 13.6. The standard InChI is InChI=1S/C19H33N/c1-18(2)5-3-17(4-6-18)20-13-19-10-14-7-15(11-19)9-16(8-14)12-19/h14-17,20H,3-13H2,1-2H3. The van der Waals surface area contributed by atoms with Gasteiger partial charge in [0.15, 0.2) is 0 Å². The number of nitrogens with one attached hydrogen (secondary N) is 1. The maximum absolute atomic E-state index is 4.02. The van der Waals surface area contributed by atoms with E-state index in [1.807, 2.05) is 0 Å². The highest BCUT2D eigenvalue weighted by atomic mass is 14.9. The predicted octanol–water partition coefficient (Wildman–Crippen LogP) is 4.76. The summed E-state index contributed by atoms with van der Waals surface area (Å²) < 4.78 is 0. The van der Waals surface area contributed by atoms with Gasteiger partial charge in [0.1, 0.15) is 0 Å². The molecule has 5 saturated carbocycles. The molecule has 0 aromatic rings. The van der Waals surface area contributed by atoms with E-state index in [1.54, 1.807) is 38.5 Å². The van der Waals surface area contributed by atoms with E-state index in [2.05, 4.69) is 19.2 Å². The lowest BCUT2D eigenvalue weighted by molar-refractivity contribution is -0.0532. The summed E-state index contributed by atoms with van der Waals surface area (Å²) in [7, 11) is 0. The van der Waals surface area contributed by atoms with E-state index in [0.717, 1.165) is 29.2 Å². The fourth-order valence-electron chi connectivity index (χ4n) is 6.47. The van der Waals surface area contributed by atoms with Crippen LogP contribution in [0.4, 0.5) is 0 Å². The molecule has 114 valence electrons. The van der Waals surface area contributed by atoms with Gasteiger partial charge in [-0.2, -0.15) is 0 Å². The summed E-state index contributed by atoms with van der Waals surface area (Å²) in [5.74, 6) is 3.31. The van der Waals surface area contributed by atoms with Crippen LogP contribution in [0.1, 0.15) is 78.1 Å². The topological polar surface area (TPSA) is 12.0 Å². The molecule has 1 heteroatoms. The van der Waals surface area contributed by atoms with E-state index in [4.69, 9.17) is 0 Å². The molecule has 4 bridgehead atoms. The lowest BCUT2D eigenvalue weighted by atomic mass is 9.49. The quantitative estimate of drug-likeness (QED) is 0.783. The molecule has 20 heavy (non-hydrogen) atoms. The van der Waals surface area contributed by atoms with Crippen molar-refractivity contribution in [2.75, 3.05) is 6.54 Å². The predicted molar refractivity (Wildman–Crippen MR) is 84.6 cm³/mol. The second-order valence-electron chi connectivity index (χ2n) is 9.74. The van der Waals surface area contributed by atoms with Crippen LogP contribution in [0, 0.1) is 28.6 Å². The van der Waals surface area contributed by atoms with Crippen molar-refractivity contribution < 1.29 is 0 Å². The van der Waals surface area contributed by atoms with Crippen LogP contribution in [0.5, 0.6) is 0 Å². The lowest BCUT2D eigenvalue weighted by Crippen LogP contribution is -2.52. The molecular formula is C19H33N. The smallest absolute Gasteiger partial charge is 0.00676 e. The second kappa shape index (κ2) is 4.73. The number of hydrogen-bond donors (Lipinski definition) is 1. The summed E-state index contributed by atoms with van der Waals surface area (Å²) in [6.45, 7) is 6.24. The van der Waals surface area contributed by atoms with E-state index in [1.165, 1.54) is 32.2 Å². The van der Waals surface area contributed by atoms with Crippen molar-refractivity contribution in [3.63, 3.8) is 0 Å². The Morgan fingerprint density at radius 1 is 0.850 bits per heavy atom. The summed E-state index contributed by atoms with van der Waals surface area (Å²) in [4.78, 5) is 0. The van der Waals surface area contributed by atoms with E-state index in [0.29, 0.717) is 5.41 Å². The van der Waals surface area contributed by atoms with Gasteiger partial charge in [0.25, 0.3) is 0 Å². The van der Waals surface area contributed by atoms with Crippen molar-refractivity contribution in [2.45, 2.75) is 84.1 Å². The molecule has 1 nitrogen and oxygen atoms in total. The van der Waals surface area contributed by atoms with E-state index in [9.17, 15) is 0 Å². The van der Waals surface area contributed by atoms with Crippen LogP contribution in [0.3, 0.4) is 0 Å². The molecule has 5 aliphatic rings. The van der Waals surface area contributed by atoms with Crippen LogP contribution in [0.2, 0.25) is 0 Å². The monoisotopic (exact) mass is 275 g/mol. The zero-order valence-corrected chi connectivity index (χ0v) is 13.6. The van der Waals surface area contributed by atoms with Gasteiger partial charge >= 0.3 is 0 Å². The van der Waals surface area contributed by atoms with Crippen molar-refractivity contribution in [3.8, 4) is 0 Å². The Morgan fingerprint density at radius 2 is 1.35 bits per heavy atom. The molecule has 5 fully saturated rings. The number of hydrogen-bond acceptors (Lipinski definition) is 1. The highest BCUT2D eigenvalue weighted by Crippen LogP contribution is 2.59. The molecule has 1 N–H and O–H groups in total. The Labute approximate surface area is 125 Å².